The second kappa shape index (κ2) is 10.8. The van der Waals surface area contributed by atoms with Gasteiger partial charge in [0.25, 0.3) is 5.91 Å². The van der Waals surface area contributed by atoms with Crippen molar-refractivity contribution in [3.05, 3.63) is 54.1 Å². The van der Waals surface area contributed by atoms with Gasteiger partial charge in [-0.15, -0.1) is 0 Å². The Morgan fingerprint density at radius 1 is 0.931 bits per heavy atom. The van der Waals surface area contributed by atoms with Crippen molar-refractivity contribution < 1.29 is 14.3 Å². The second-order valence-corrected chi connectivity index (χ2v) is 7.52. The molecule has 1 N–H and O–H groups in total. The van der Waals surface area contributed by atoms with E-state index >= 15 is 0 Å². The molecule has 1 heterocycles. The molecule has 0 aliphatic carbocycles. The molecule has 0 unspecified atom stereocenters. The van der Waals surface area contributed by atoms with Crippen molar-refractivity contribution in [1.29, 1.82) is 0 Å². The van der Waals surface area contributed by atoms with Crippen LogP contribution in [-0.4, -0.2) is 68.6 Å². The zero-order valence-electron chi connectivity index (χ0n) is 17.4. The molecule has 0 radical (unpaired) electrons. The van der Waals surface area contributed by atoms with Gasteiger partial charge in [0.15, 0.2) is 6.61 Å². The highest BCUT2D eigenvalue weighted by molar-refractivity contribution is 5.77. The average Bonchev–Trinajstić information content (AvgIpc) is 2.74. The fourth-order valence-corrected chi connectivity index (χ4v) is 3.15. The van der Waals surface area contributed by atoms with Gasteiger partial charge in [0.2, 0.25) is 0 Å². The smallest absolute Gasteiger partial charge is 0.257 e. The van der Waals surface area contributed by atoms with Crippen molar-refractivity contribution in [3.63, 3.8) is 0 Å². The van der Waals surface area contributed by atoms with Gasteiger partial charge >= 0.3 is 0 Å². The Morgan fingerprint density at radius 2 is 1.52 bits per heavy atom. The van der Waals surface area contributed by atoms with Crippen LogP contribution in [0.25, 0.3) is 0 Å². The first-order chi connectivity index (χ1) is 14.1. The first-order valence-corrected chi connectivity index (χ1v) is 10.2. The van der Waals surface area contributed by atoms with Crippen LogP contribution in [0.3, 0.4) is 0 Å². The van der Waals surface area contributed by atoms with Crippen LogP contribution in [0.4, 0.5) is 0 Å². The summed E-state index contributed by atoms with van der Waals surface area (Å²) < 4.78 is 11.4. The van der Waals surface area contributed by atoms with Gasteiger partial charge in [-0.05, 0) is 63.3 Å². The van der Waals surface area contributed by atoms with Crippen molar-refractivity contribution in [2.45, 2.75) is 13.3 Å². The molecule has 3 rings (SSSR count). The van der Waals surface area contributed by atoms with E-state index in [9.17, 15) is 4.79 Å². The number of amides is 1. The third kappa shape index (κ3) is 7.40. The van der Waals surface area contributed by atoms with E-state index in [0.717, 1.165) is 50.6 Å². The van der Waals surface area contributed by atoms with Crippen molar-refractivity contribution in [2.24, 2.45) is 0 Å². The molecule has 1 fully saturated rings. The fourth-order valence-electron chi connectivity index (χ4n) is 3.15. The maximum atomic E-state index is 12.0. The number of aryl methyl sites for hydroxylation is 1. The average molecular weight is 398 g/mol. The van der Waals surface area contributed by atoms with E-state index in [0.29, 0.717) is 12.3 Å². The molecule has 2 aromatic rings. The summed E-state index contributed by atoms with van der Waals surface area (Å²) in [6.45, 7) is 8.22. The molecule has 2 aromatic carbocycles. The van der Waals surface area contributed by atoms with Crippen molar-refractivity contribution in [2.75, 3.05) is 52.9 Å². The third-order valence-electron chi connectivity index (χ3n) is 5.02. The number of nitrogens with one attached hydrogen (secondary N) is 1. The third-order valence-corrected chi connectivity index (χ3v) is 5.02. The van der Waals surface area contributed by atoms with E-state index in [4.69, 9.17) is 9.47 Å². The lowest BCUT2D eigenvalue weighted by atomic mass is 10.2. The maximum Gasteiger partial charge on any atom is 0.257 e. The molecule has 0 spiro atoms. The molecule has 1 saturated heterocycles. The molecular formula is C23H31N3O3. The van der Waals surface area contributed by atoms with Crippen LogP contribution in [0.2, 0.25) is 0 Å². The maximum absolute atomic E-state index is 12.0. The number of hydrogen-bond acceptors (Lipinski definition) is 5. The summed E-state index contributed by atoms with van der Waals surface area (Å²) in [5, 5.41) is 2.92. The first kappa shape index (κ1) is 21.1. The van der Waals surface area contributed by atoms with Crippen LogP contribution >= 0.6 is 0 Å². The molecule has 0 saturated carbocycles. The quantitative estimate of drug-likeness (QED) is 0.660. The van der Waals surface area contributed by atoms with Crippen LogP contribution in [0.15, 0.2) is 48.5 Å². The van der Waals surface area contributed by atoms with Gasteiger partial charge in [-0.3, -0.25) is 4.79 Å². The van der Waals surface area contributed by atoms with E-state index in [2.05, 4.69) is 22.2 Å². The Kier molecular flexibility index (Phi) is 7.90. The molecule has 1 amide bonds. The van der Waals surface area contributed by atoms with Crippen LogP contribution in [0, 0.1) is 6.92 Å². The standard InChI is InChI=1S/C23H31N3O3/c1-19-4-6-21(7-5-19)29-22-10-8-20(9-11-22)28-18-23(27)24-12-3-13-26-16-14-25(2)15-17-26/h4-11H,3,12-18H2,1-2H3,(H,24,27). The number of ether oxygens (including phenoxy) is 2. The zero-order chi connectivity index (χ0) is 20.5. The highest BCUT2D eigenvalue weighted by Gasteiger charge is 2.13. The van der Waals surface area contributed by atoms with Crippen molar-refractivity contribution in [3.8, 4) is 17.2 Å². The molecule has 1 aliphatic rings. The summed E-state index contributed by atoms with van der Waals surface area (Å²) in [5.74, 6) is 2.08. The Hall–Kier alpha value is -2.57. The Balaban J connectivity index is 1.31. The Morgan fingerprint density at radius 3 is 2.17 bits per heavy atom. The lowest BCUT2D eigenvalue weighted by Gasteiger charge is -2.32. The van der Waals surface area contributed by atoms with Crippen LogP contribution in [0.5, 0.6) is 17.2 Å². The molecule has 6 heteroatoms. The second-order valence-electron chi connectivity index (χ2n) is 7.52. The van der Waals surface area contributed by atoms with Crippen LogP contribution in [-0.2, 0) is 4.79 Å². The molecule has 156 valence electrons. The van der Waals surface area contributed by atoms with Gasteiger partial charge in [0.05, 0.1) is 0 Å². The van der Waals surface area contributed by atoms with Crippen molar-refractivity contribution >= 4 is 5.91 Å². The molecule has 0 aromatic heterocycles. The summed E-state index contributed by atoms with van der Waals surface area (Å²) in [6, 6.07) is 15.2. The molecule has 0 bridgehead atoms. The SMILES string of the molecule is Cc1ccc(Oc2ccc(OCC(=O)NCCCN3CCN(C)CC3)cc2)cc1. The largest absolute Gasteiger partial charge is 0.484 e. The number of rotatable bonds is 9. The molecular weight excluding hydrogens is 366 g/mol. The molecule has 0 atom stereocenters. The number of benzene rings is 2. The normalized spacial score (nSPS) is 15.1. The van der Waals surface area contributed by atoms with Gasteiger partial charge in [-0.1, -0.05) is 17.7 Å². The van der Waals surface area contributed by atoms with Gasteiger partial charge < -0.3 is 24.6 Å². The lowest BCUT2D eigenvalue weighted by molar-refractivity contribution is -0.123. The highest BCUT2D eigenvalue weighted by atomic mass is 16.5. The van der Waals surface area contributed by atoms with Gasteiger partial charge in [-0.25, -0.2) is 0 Å². The van der Waals surface area contributed by atoms with E-state index in [1.165, 1.54) is 5.56 Å². The summed E-state index contributed by atoms with van der Waals surface area (Å²) in [7, 11) is 2.15. The molecule has 29 heavy (non-hydrogen) atoms. The predicted molar refractivity (Wildman–Crippen MR) is 115 cm³/mol. The van der Waals surface area contributed by atoms with Gasteiger partial charge in [0, 0.05) is 32.7 Å². The van der Waals surface area contributed by atoms with Gasteiger partial charge in [0.1, 0.15) is 17.2 Å². The van der Waals surface area contributed by atoms with E-state index < -0.39 is 0 Å². The number of hydrogen-bond donors (Lipinski definition) is 1. The minimum atomic E-state index is -0.0941. The van der Waals surface area contributed by atoms with E-state index in [1.807, 2.05) is 55.5 Å². The predicted octanol–water partition coefficient (Wildman–Crippen LogP) is 2.92. The van der Waals surface area contributed by atoms with E-state index in [-0.39, 0.29) is 12.5 Å². The summed E-state index contributed by atoms with van der Waals surface area (Å²) in [4.78, 5) is 16.8. The number of carbonyl (C=O) groups excluding carboxylic acids is 1. The van der Waals surface area contributed by atoms with Crippen LogP contribution in [0.1, 0.15) is 12.0 Å². The van der Waals surface area contributed by atoms with Crippen molar-refractivity contribution in [1.82, 2.24) is 15.1 Å². The first-order valence-electron chi connectivity index (χ1n) is 10.2. The zero-order valence-corrected chi connectivity index (χ0v) is 17.4. The van der Waals surface area contributed by atoms with Gasteiger partial charge in [-0.2, -0.15) is 0 Å². The summed E-state index contributed by atoms with van der Waals surface area (Å²) >= 11 is 0. The minimum Gasteiger partial charge on any atom is -0.484 e. The molecule has 1 aliphatic heterocycles. The number of nitrogens with zero attached hydrogens (tertiary/aromatic N) is 2. The number of carbonyl (C=O) groups is 1. The number of likely N-dealkylation sites (N-methyl/N-ethyl adjacent to an activating group) is 1. The monoisotopic (exact) mass is 397 g/mol. The minimum absolute atomic E-state index is 0.0205. The number of piperazine rings is 1. The highest BCUT2D eigenvalue weighted by Crippen LogP contribution is 2.24. The Bertz CT molecular complexity index is 754. The molecule has 6 nitrogen and oxygen atoms in total. The summed E-state index contributed by atoms with van der Waals surface area (Å²) in [5.41, 5.74) is 1.19. The van der Waals surface area contributed by atoms with Crippen LogP contribution < -0.4 is 14.8 Å². The summed E-state index contributed by atoms with van der Waals surface area (Å²) in [6.07, 6.45) is 0.959. The lowest BCUT2D eigenvalue weighted by Crippen LogP contribution is -2.45. The Labute approximate surface area is 173 Å². The fraction of sp³-hybridized carbons (Fsp3) is 0.435. The van der Waals surface area contributed by atoms with E-state index in [1.54, 1.807) is 0 Å². The topological polar surface area (TPSA) is 54.0 Å².